The molecule has 0 saturated carbocycles. The quantitative estimate of drug-likeness (QED) is 0.746. The number of aromatic nitrogens is 2. The highest BCUT2D eigenvalue weighted by atomic mass is 19.1. The van der Waals surface area contributed by atoms with Crippen molar-refractivity contribution in [1.82, 2.24) is 9.97 Å². The molecular formula is C20H21FN4O3. The van der Waals surface area contributed by atoms with Crippen molar-refractivity contribution in [2.24, 2.45) is 0 Å². The highest BCUT2D eigenvalue weighted by molar-refractivity contribution is 6.15. The van der Waals surface area contributed by atoms with Crippen molar-refractivity contribution in [2.45, 2.75) is 20.8 Å². The summed E-state index contributed by atoms with van der Waals surface area (Å²) < 4.78 is 25.0. The molecule has 1 aliphatic heterocycles. The van der Waals surface area contributed by atoms with Crippen LogP contribution in [0, 0.1) is 26.6 Å². The lowest BCUT2D eigenvalue weighted by atomic mass is 10.1. The van der Waals surface area contributed by atoms with Gasteiger partial charge in [-0.3, -0.25) is 4.79 Å². The maximum Gasteiger partial charge on any atom is 0.260 e. The van der Waals surface area contributed by atoms with Gasteiger partial charge in [0, 0.05) is 18.8 Å². The van der Waals surface area contributed by atoms with Gasteiger partial charge < -0.3 is 19.4 Å². The third-order valence-electron chi connectivity index (χ3n) is 4.79. The fourth-order valence-electron chi connectivity index (χ4n) is 3.34. The number of hydrogen-bond donors (Lipinski definition) is 1. The Labute approximate surface area is 161 Å². The second-order valence-electron chi connectivity index (χ2n) is 6.83. The van der Waals surface area contributed by atoms with Crippen LogP contribution in [0.1, 0.15) is 27.5 Å². The van der Waals surface area contributed by atoms with Gasteiger partial charge in [0.05, 0.1) is 24.2 Å². The maximum absolute atomic E-state index is 13.8. The van der Waals surface area contributed by atoms with Crippen LogP contribution in [-0.2, 0) is 4.74 Å². The molecule has 0 unspecified atom stereocenters. The standard InChI is InChI=1S/C20H21FN4O3/c1-11-4-5-14(10-15(11)21)24-19(26)16-12(2)28-20-17(16)18(22-13(3)23-20)25-6-8-27-9-7-25/h4-5,10H,6-9H2,1-3H3,(H,24,26). The number of fused-ring (bicyclic) bond motifs is 1. The number of nitrogens with zero attached hydrogens (tertiary/aromatic N) is 3. The van der Waals surface area contributed by atoms with Crippen LogP contribution in [0.2, 0.25) is 0 Å². The van der Waals surface area contributed by atoms with Gasteiger partial charge in [-0.1, -0.05) is 6.07 Å². The number of hydrogen-bond acceptors (Lipinski definition) is 6. The zero-order valence-electron chi connectivity index (χ0n) is 16.0. The summed E-state index contributed by atoms with van der Waals surface area (Å²) in [6.45, 7) is 7.68. The van der Waals surface area contributed by atoms with Crippen molar-refractivity contribution >= 4 is 28.5 Å². The zero-order valence-corrected chi connectivity index (χ0v) is 16.0. The predicted octanol–water partition coefficient (Wildman–Crippen LogP) is 3.38. The monoisotopic (exact) mass is 384 g/mol. The lowest BCUT2D eigenvalue weighted by Crippen LogP contribution is -2.37. The molecule has 0 aliphatic carbocycles. The number of carbonyl (C=O) groups is 1. The van der Waals surface area contributed by atoms with E-state index in [0.717, 1.165) is 0 Å². The third-order valence-corrected chi connectivity index (χ3v) is 4.79. The van der Waals surface area contributed by atoms with Crippen LogP contribution in [-0.4, -0.2) is 42.2 Å². The summed E-state index contributed by atoms with van der Waals surface area (Å²) in [5.74, 6) is 0.897. The summed E-state index contributed by atoms with van der Waals surface area (Å²) in [6, 6.07) is 4.59. The van der Waals surface area contributed by atoms with E-state index in [4.69, 9.17) is 9.15 Å². The number of nitrogens with one attached hydrogen (secondary N) is 1. The highest BCUT2D eigenvalue weighted by Crippen LogP contribution is 2.33. The minimum absolute atomic E-state index is 0.359. The Kier molecular flexibility index (Phi) is 4.72. The molecule has 8 heteroatoms. The predicted molar refractivity (Wildman–Crippen MR) is 103 cm³/mol. The number of anilines is 2. The molecule has 0 bridgehead atoms. The zero-order chi connectivity index (χ0) is 19.8. The number of benzene rings is 1. The van der Waals surface area contributed by atoms with Gasteiger partial charge >= 0.3 is 0 Å². The first-order valence-electron chi connectivity index (χ1n) is 9.12. The molecule has 28 heavy (non-hydrogen) atoms. The smallest absolute Gasteiger partial charge is 0.260 e. The summed E-state index contributed by atoms with van der Waals surface area (Å²) >= 11 is 0. The van der Waals surface area contributed by atoms with Crippen LogP contribution < -0.4 is 10.2 Å². The van der Waals surface area contributed by atoms with Crippen molar-refractivity contribution in [3.8, 4) is 0 Å². The van der Waals surface area contributed by atoms with E-state index in [1.165, 1.54) is 6.07 Å². The van der Waals surface area contributed by atoms with Gasteiger partial charge in [-0.05, 0) is 38.5 Å². The van der Waals surface area contributed by atoms with Gasteiger partial charge in [0.2, 0.25) is 5.71 Å². The van der Waals surface area contributed by atoms with Crippen LogP contribution in [0.3, 0.4) is 0 Å². The van der Waals surface area contributed by atoms with E-state index < -0.39 is 0 Å². The number of furan rings is 1. The van der Waals surface area contributed by atoms with E-state index >= 15 is 0 Å². The number of carbonyl (C=O) groups excluding carboxylic acids is 1. The molecule has 4 rings (SSSR count). The SMILES string of the molecule is Cc1nc(N2CCOCC2)c2c(C(=O)Nc3ccc(C)c(F)c3)c(C)oc2n1. The average molecular weight is 384 g/mol. The Hall–Kier alpha value is -3.00. The number of halogens is 1. The number of ether oxygens (including phenoxy) is 1. The van der Waals surface area contributed by atoms with Crippen molar-refractivity contribution < 1.29 is 18.3 Å². The topological polar surface area (TPSA) is 80.5 Å². The summed E-state index contributed by atoms with van der Waals surface area (Å²) in [5, 5.41) is 3.32. The van der Waals surface area contributed by atoms with Gasteiger partial charge in [0.15, 0.2) is 0 Å². The first-order chi connectivity index (χ1) is 13.4. The number of rotatable bonds is 3. The first-order valence-corrected chi connectivity index (χ1v) is 9.12. The van der Waals surface area contributed by atoms with E-state index in [2.05, 4.69) is 20.2 Å². The Bertz CT molecular complexity index is 1060. The molecule has 0 spiro atoms. The number of morpholine rings is 1. The molecule has 0 radical (unpaired) electrons. The Morgan fingerprint density at radius 2 is 1.93 bits per heavy atom. The van der Waals surface area contributed by atoms with Crippen molar-refractivity contribution in [2.75, 3.05) is 36.5 Å². The first kappa shape index (κ1) is 18.4. The molecule has 1 N–H and O–H groups in total. The molecule has 146 valence electrons. The Morgan fingerprint density at radius 1 is 1.18 bits per heavy atom. The maximum atomic E-state index is 13.8. The van der Waals surface area contributed by atoms with Crippen LogP contribution >= 0.6 is 0 Å². The Balaban J connectivity index is 1.78. The molecular weight excluding hydrogens is 363 g/mol. The minimum Gasteiger partial charge on any atom is -0.442 e. The second-order valence-corrected chi connectivity index (χ2v) is 6.83. The third kappa shape index (κ3) is 3.31. The minimum atomic E-state index is -0.388. The fraction of sp³-hybridized carbons (Fsp3) is 0.350. The lowest BCUT2D eigenvalue weighted by Gasteiger charge is -2.28. The summed E-state index contributed by atoms with van der Waals surface area (Å²) in [7, 11) is 0. The van der Waals surface area contributed by atoms with Crippen molar-refractivity contribution in [3.05, 3.63) is 46.7 Å². The molecule has 1 aliphatic rings. The van der Waals surface area contributed by atoms with Gasteiger partial charge in [-0.25, -0.2) is 9.37 Å². The van der Waals surface area contributed by atoms with E-state index in [0.29, 0.717) is 71.6 Å². The molecule has 0 atom stereocenters. The largest absolute Gasteiger partial charge is 0.442 e. The summed E-state index contributed by atoms with van der Waals surface area (Å²) in [5.41, 5.74) is 1.62. The van der Waals surface area contributed by atoms with Gasteiger partial charge in [-0.2, -0.15) is 4.98 Å². The van der Waals surface area contributed by atoms with Crippen LogP contribution in [0.15, 0.2) is 22.6 Å². The molecule has 7 nitrogen and oxygen atoms in total. The molecule has 1 amide bonds. The fourth-order valence-corrected chi connectivity index (χ4v) is 3.34. The van der Waals surface area contributed by atoms with Crippen molar-refractivity contribution in [1.29, 1.82) is 0 Å². The van der Waals surface area contributed by atoms with E-state index in [1.807, 2.05) is 0 Å². The van der Waals surface area contributed by atoms with Crippen LogP contribution in [0.4, 0.5) is 15.9 Å². The normalized spacial score (nSPS) is 14.5. The number of aryl methyl sites for hydroxylation is 3. The number of amides is 1. The Morgan fingerprint density at radius 3 is 2.64 bits per heavy atom. The van der Waals surface area contributed by atoms with Crippen molar-refractivity contribution in [3.63, 3.8) is 0 Å². The van der Waals surface area contributed by atoms with E-state index in [9.17, 15) is 9.18 Å². The molecule has 3 heterocycles. The van der Waals surface area contributed by atoms with Crippen LogP contribution in [0.5, 0.6) is 0 Å². The molecule has 1 saturated heterocycles. The highest BCUT2D eigenvalue weighted by Gasteiger charge is 2.26. The molecule has 1 aromatic carbocycles. The molecule has 1 fully saturated rings. The molecule has 3 aromatic rings. The van der Waals surface area contributed by atoms with Gasteiger partial charge in [0.1, 0.15) is 23.2 Å². The van der Waals surface area contributed by atoms with E-state index in [1.54, 1.807) is 32.9 Å². The molecule has 2 aromatic heterocycles. The van der Waals surface area contributed by atoms with Crippen LogP contribution in [0.25, 0.3) is 11.1 Å². The summed E-state index contributed by atoms with van der Waals surface area (Å²) in [6.07, 6.45) is 0. The average Bonchev–Trinajstić information content (AvgIpc) is 3.00. The van der Waals surface area contributed by atoms with Gasteiger partial charge in [-0.15, -0.1) is 0 Å². The second kappa shape index (κ2) is 7.20. The van der Waals surface area contributed by atoms with E-state index in [-0.39, 0.29) is 11.7 Å². The lowest BCUT2D eigenvalue weighted by molar-refractivity contribution is 0.102. The van der Waals surface area contributed by atoms with Gasteiger partial charge in [0.25, 0.3) is 5.91 Å². The summed E-state index contributed by atoms with van der Waals surface area (Å²) in [4.78, 5) is 24.0.